The molecule has 0 aromatic heterocycles. The number of carboxylic acids is 1. The molecule has 1 N–H and O–H groups in total. The molecule has 0 unspecified atom stereocenters. The number of carbonyl (C=O) groups excluding carboxylic acids is 1. The molecule has 0 bridgehead atoms. The molecule has 0 spiro atoms. The Balaban J connectivity index is 1.36. The van der Waals surface area contributed by atoms with Gasteiger partial charge in [0.15, 0.2) is 0 Å². The first kappa shape index (κ1) is 17.5. The lowest BCUT2D eigenvalue weighted by molar-refractivity contribution is 0.0696. The minimum Gasteiger partial charge on any atom is -0.478 e. The molecule has 0 radical (unpaired) electrons. The van der Waals surface area contributed by atoms with Crippen molar-refractivity contribution in [1.82, 2.24) is 0 Å². The average Bonchev–Trinajstić information content (AvgIpc) is 3.31. The van der Waals surface area contributed by atoms with Crippen molar-refractivity contribution in [1.29, 1.82) is 0 Å². The van der Waals surface area contributed by atoms with E-state index in [1.54, 1.807) is 17.0 Å². The molecule has 5 rings (SSSR count). The third kappa shape index (κ3) is 2.86. The van der Waals surface area contributed by atoms with Crippen molar-refractivity contribution in [2.75, 3.05) is 18.1 Å². The van der Waals surface area contributed by atoms with Crippen molar-refractivity contribution in [3.05, 3.63) is 89.0 Å². The highest BCUT2D eigenvalue weighted by atomic mass is 16.6. The minimum absolute atomic E-state index is 0.0165. The zero-order valence-electron chi connectivity index (χ0n) is 15.7. The summed E-state index contributed by atoms with van der Waals surface area (Å²) in [7, 11) is 0. The maximum Gasteiger partial charge on any atom is 0.414 e. The van der Waals surface area contributed by atoms with Crippen LogP contribution in [0.25, 0.3) is 11.1 Å². The normalized spacial score (nSPS) is 14.3. The Bertz CT molecular complexity index is 1090. The summed E-state index contributed by atoms with van der Waals surface area (Å²) in [6.07, 6.45) is 0.231. The third-order valence-corrected chi connectivity index (χ3v) is 5.78. The molecule has 0 saturated carbocycles. The van der Waals surface area contributed by atoms with Crippen LogP contribution in [0.2, 0.25) is 0 Å². The van der Waals surface area contributed by atoms with Crippen LogP contribution in [0.3, 0.4) is 0 Å². The van der Waals surface area contributed by atoms with Gasteiger partial charge in [-0.05, 0) is 52.4 Å². The van der Waals surface area contributed by atoms with E-state index >= 15 is 0 Å². The number of aromatic carboxylic acids is 1. The highest BCUT2D eigenvalue weighted by Crippen LogP contribution is 2.44. The molecule has 3 aromatic rings. The summed E-state index contributed by atoms with van der Waals surface area (Å²) >= 11 is 0. The van der Waals surface area contributed by atoms with Crippen LogP contribution >= 0.6 is 0 Å². The Hall–Kier alpha value is -3.60. The first-order chi connectivity index (χ1) is 14.1. The van der Waals surface area contributed by atoms with Crippen molar-refractivity contribution in [3.8, 4) is 11.1 Å². The monoisotopic (exact) mass is 385 g/mol. The Morgan fingerprint density at radius 1 is 0.966 bits per heavy atom. The van der Waals surface area contributed by atoms with Gasteiger partial charge in [0.1, 0.15) is 6.61 Å². The lowest BCUT2D eigenvalue weighted by Gasteiger charge is -2.20. The molecule has 144 valence electrons. The fourth-order valence-corrected chi connectivity index (χ4v) is 4.40. The molecule has 1 heterocycles. The first-order valence-corrected chi connectivity index (χ1v) is 9.62. The zero-order valence-corrected chi connectivity index (χ0v) is 15.7. The van der Waals surface area contributed by atoms with Crippen LogP contribution in [0.4, 0.5) is 10.5 Å². The molecule has 1 aliphatic carbocycles. The van der Waals surface area contributed by atoms with Gasteiger partial charge in [0.2, 0.25) is 0 Å². The third-order valence-electron chi connectivity index (χ3n) is 5.78. The van der Waals surface area contributed by atoms with Crippen LogP contribution in [-0.2, 0) is 11.2 Å². The molecule has 1 aliphatic heterocycles. The van der Waals surface area contributed by atoms with E-state index in [4.69, 9.17) is 9.84 Å². The molecule has 0 fully saturated rings. The number of ether oxygens (including phenoxy) is 1. The Kier molecular flexibility index (Phi) is 4.09. The number of benzene rings is 3. The zero-order chi connectivity index (χ0) is 20.0. The number of anilines is 1. The molecule has 0 atom stereocenters. The predicted octanol–water partition coefficient (Wildman–Crippen LogP) is 4.70. The van der Waals surface area contributed by atoms with Gasteiger partial charge in [-0.2, -0.15) is 0 Å². The Morgan fingerprint density at radius 3 is 2.28 bits per heavy atom. The van der Waals surface area contributed by atoms with Gasteiger partial charge in [-0.15, -0.1) is 0 Å². The van der Waals surface area contributed by atoms with E-state index in [-0.39, 0.29) is 18.1 Å². The SMILES string of the molecule is O=C(O)c1ccc2c(c1)CCN2C(=O)OCC1c2ccccc2-c2ccccc21. The van der Waals surface area contributed by atoms with Crippen LogP contribution in [0, 0.1) is 0 Å². The average molecular weight is 385 g/mol. The quantitative estimate of drug-likeness (QED) is 0.710. The minimum atomic E-state index is -0.965. The first-order valence-electron chi connectivity index (χ1n) is 9.62. The van der Waals surface area contributed by atoms with Crippen molar-refractivity contribution < 1.29 is 19.4 Å². The van der Waals surface area contributed by atoms with E-state index in [1.807, 2.05) is 24.3 Å². The van der Waals surface area contributed by atoms with Gasteiger partial charge >= 0.3 is 12.1 Å². The number of amides is 1. The summed E-state index contributed by atoms with van der Waals surface area (Å²) in [6, 6.07) is 21.3. The van der Waals surface area contributed by atoms with E-state index in [9.17, 15) is 9.59 Å². The molecule has 0 saturated heterocycles. The summed E-state index contributed by atoms with van der Waals surface area (Å²) in [5.74, 6) is -0.949. The number of carboxylic acid groups (broad SMARTS) is 1. The molecular weight excluding hydrogens is 366 g/mol. The van der Waals surface area contributed by atoms with E-state index in [1.165, 1.54) is 28.3 Å². The number of hydrogen-bond donors (Lipinski definition) is 1. The molecule has 2 aliphatic rings. The smallest absolute Gasteiger partial charge is 0.414 e. The second kappa shape index (κ2) is 6.78. The number of fused-ring (bicyclic) bond motifs is 4. The van der Waals surface area contributed by atoms with Gasteiger partial charge in [-0.3, -0.25) is 4.90 Å². The summed E-state index contributed by atoms with van der Waals surface area (Å²) in [5.41, 5.74) is 6.56. The van der Waals surface area contributed by atoms with Gasteiger partial charge in [-0.25, -0.2) is 9.59 Å². The van der Waals surface area contributed by atoms with Crippen molar-refractivity contribution in [2.24, 2.45) is 0 Å². The standard InChI is InChI=1S/C24H19NO4/c26-23(27)16-9-10-22-15(13-16)11-12-25(22)24(28)29-14-21-19-7-3-1-5-17(19)18-6-2-4-8-20(18)21/h1-10,13,21H,11-12,14H2,(H,26,27). The van der Waals surface area contributed by atoms with Crippen LogP contribution in [0.5, 0.6) is 0 Å². The maximum absolute atomic E-state index is 12.8. The molecule has 1 amide bonds. The molecule has 29 heavy (non-hydrogen) atoms. The number of nitrogens with zero attached hydrogens (tertiary/aromatic N) is 1. The maximum atomic E-state index is 12.8. The van der Waals surface area contributed by atoms with E-state index in [0.717, 1.165) is 11.3 Å². The van der Waals surface area contributed by atoms with E-state index < -0.39 is 12.1 Å². The van der Waals surface area contributed by atoms with Crippen LogP contribution in [0.15, 0.2) is 66.7 Å². The lowest BCUT2D eigenvalue weighted by atomic mass is 9.98. The van der Waals surface area contributed by atoms with Crippen LogP contribution < -0.4 is 4.90 Å². The van der Waals surface area contributed by atoms with Gasteiger partial charge < -0.3 is 9.84 Å². The topological polar surface area (TPSA) is 66.8 Å². The second-order valence-corrected chi connectivity index (χ2v) is 7.35. The van der Waals surface area contributed by atoms with Crippen molar-refractivity contribution >= 4 is 17.7 Å². The molecule has 5 heteroatoms. The summed E-state index contributed by atoms with van der Waals surface area (Å²) in [6.45, 7) is 0.765. The van der Waals surface area contributed by atoms with Gasteiger partial charge in [0.05, 0.1) is 11.3 Å². The summed E-state index contributed by atoms with van der Waals surface area (Å²) in [5, 5.41) is 9.15. The summed E-state index contributed by atoms with van der Waals surface area (Å²) in [4.78, 5) is 25.5. The Labute approximate surface area is 168 Å². The Morgan fingerprint density at radius 2 is 1.62 bits per heavy atom. The predicted molar refractivity (Wildman–Crippen MR) is 110 cm³/mol. The molecular formula is C24H19NO4. The lowest BCUT2D eigenvalue weighted by Crippen LogP contribution is -2.30. The highest BCUT2D eigenvalue weighted by Gasteiger charge is 2.31. The van der Waals surface area contributed by atoms with E-state index in [2.05, 4.69) is 24.3 Å². The van der Waals surface area contributed by atoms with Gasteiger partial charge in [0, 0.05) is 12.5 Å². The number of hydrogen-bond acceptors (Lipinski definition) is 3. The fourth-order valence-electron chi connectivity index (χ4n) is 4.40. The van der Waals surface area contributed by atoms with Crippen LogP contribution in [0.1, 0.15) is 33.0 Å². The van der Waals surface area contributed by atoms with Gasteiger partial charge in [0.25, 0.3) is 0 Å². The van der Waals surface area contributed by atoms with E-state index in [0.29, 0.717) is 13.0 Å². The molecule has 3 aromatic carbocycles. The molecule has 5 nitrogen and oxygen atoms in total. The second-order valence-electron chi connectivity index (χ2n) is 7.35. The van der Waals surface area contributed by atoms with Gasteiger partial charge in [-0.1, -0.05) is 48.5 Å². The summed E-state index contributed by atoms with van der Waals surface area (Å²) < 4.78 is 5.73. The largest absolute Gasteiger partial charge is 0.478 e. The number of rotatable bonds is 3. The fraction of sp³-hybridized carbons (Fsp3) is 0.167. The highest BCUT2D eigenvalue weighted by molar-refractivity contribution is 5.93. The van der Waals surface area contributed by atoms with Crippen LogP contribution in [-0.4, -0.2) is 30.3 Å². The van der Waals surface area contributed by atoms with Crippen molar-refractivity contribution in [3.63, 3.8) is 0 Å². The van der Waals surface area contributed by atoms with Crippen molar-refractivity contribution in [2.45, 2.75) is 12.3 Å². The number of carbonyl (C=O) groups is 2.